The highest BCUT2D eigenvalue weighted by Gasteiger charge is 2.32. The lowest BCUT2D eigenvalue weighted by atomic mass is 10.1. The van der Waals surface area contributed by atoms with Gasteiger partial charge in [0.25, 0.3) is 0 Å². The molecule has 6 heteroatoms. The van der Waals surface area contributed by atoms with Crippen molar-refractivity contribution in [3.05, 3.63) is 24.0 Å². The Morgan fingerprint density at radius 2 is 2.22 bits per heavy atom. The van der Waals surface area contributed by atoms with Crippen molar-refractivity contribution in [2.75, 3.05) is 27.4 Å². The SMILES string of the molecule is C=C1NC(=O)N([C@H](OC)[C@@H](CO)COC)C=C1C. The lowest BCUT2D eigenvalue weighted by molar-refractivity contribution is -0.0660. The Morgan fingerprint density at radius 1 is 1.56 bits per heavy atom. The summed E-state index contributed by atoms with van der Waals surface area (Å²) in [5.41, 5.74) is 1.41. The second-order valence-electron chi connectivity index (χ2n) is 4.15. The minimum absolute atomic E-state index is 0.135. The minimum Gasteiger partial charge on any atom is -0.396 e. The Bertz CT molecular complexity index is 354. The summed E-state index contributed by atoms with van der Waals surface area (Å²) in [7, 11) is 3.03. The van der Waals surface area contributed by atoms with Crippen LogP contribution in [0.3, 0.4) is 0 Å². The monoisotopic (exact) mass is 256 g/mol. The van der Waals surface area contributed by atoms with Crippen LogP contribution in [0.1, 0.15) is 6.92 Å². The molecule has 0 saturated carbocycles. The number of allylic oxidation sites excluding steroid dienone is 1. The fourth-order valence-corrected chi connectivity index (χ4v) is 1.80. The molecule has 0 spiro atoms. The van der Waals surface area contributed by atoms with Crippen molar-refractivity contribution in [3.63, 3.8) is 0 Å². The van der Waals surface area contributed by atoms with Gasteiger partial charge >= 0.3 is 6.03 Å². The van der Waals surface area contributed by atoms with Gasteiger partial charge < -0.3 is 19.9 Å². The molecule has 0 unspecified atom stereocenters. The number of urea groups is 1. The Labute approximate surface area is 107 Å². The third-order valence-electron chi connectivity index (χ3n) is 2.84. The van der Waals surface area contributed by atoms with E-state index in [-0.39, 0.29) is 18.6 Å². The van der Waals surface area contributed by atoms with Crippen LogP contribution in [0.15, 0.2) is 24.0 Å². The average Bonchev–Trinajstić information content (AvgIpc) is 2.35. The van der Waals surface area contributed by atoms with E-state index in [0.717, 1.165) is 5.57 Å². The smallest absolute Gasteiger partial charge is 0.327 e. The number of rotatable bonds is 6. The summed E-state index contributed by atoms with van der Waals surface area (Å²) < 4.78 is 10.3. The Hall–Kier alpha value is -1.37. The van der Waals surface area contributed by atoms with E-state index in [4.69, 9.17) is 9.47 Å². The summed E-state index contributed by atoms with van der Waals surface area (Å²) in [5.74, 6) is -0.318. The normalized spacial score (nSPS) is 19.3. The molecular formula is C12H20N2O4. The first-order valence-electron chi connectivity index (χ1n) is 5.64. The molecule has 6 nitrogen and oxygen atoms in total. The topological polar surface area (TPSA) is 71.0 Å². The molecule has 0 fully saturated rings. The Balaban J connectivity index is 2.93. The highest BCUT2D eigenvalue weighted by molar-refractivity contribution is 5.80. The number of hydrogen-bond acceptors (Lipinski definition) is 4. The second-order valence-corrected chi connectivity index (χ2v) is 4.15. The maximum absolute atomic E-state index is 11.9. The van der Waals surface area contributed by atoms with Crippen molar-refractivity contribution in [1.82, 2.24) is 10.2 Å². The van der Waals surface area contributed by atoms with Gasteiger partial charge in [0.05, 0.1) is 19.1 Å². The third-order valence-corrected chi connectivity index (χ3v) is 2.84. The first kappa shape index (κ1) is 14.7. The van der Waals surface area contributed by atoms with E-state index in [1.807, 2.05) is 6.92 Å². The number of hydrogen-bond donors (Lipinski definition) is 2. The van der Waals surface area contributed by atoms with Gasteiger partial charge in [-0.2, -0.15) is 0 Å². The van der Waals surface area contributed by atoms with Gasteiger partial charge in [0, 0.05) is 26.1 Å². The van der Waals surface area contributed by atoms with Crippen LogP contribution >= 0.6 is 0 Å². The van der Waals surface area contributed by atoms with E-state index >= 15 is 0 Å². The third kappa shape index (κ3) is 3.10. The van der Waals surface area contributed by atoms with Gasteiger partial charge in [0.2, 0.25) is 0 Å². The van der Waals surface area contributed by atoms with E-state index < -0.39 is 6.23 Å². The quantitative estimate of drug-likeness (QED) is 0.732. The fraction of sp³-hybridized carbons (Fsp3) is 0.583. The molecule has 2 atom stereocenters. The maximum Gasteiger partial charge on any atom is 0.327 e. The first-order valence-corrected chi connectivity index (χ1v) is 5.64. The molecule has 0 aromatic heterocycles. The number of nitrogens with zero attached hydrogens (tertiary/aromatic N) is 1. The van der Waals surface area contributed by atoms with E-state index in [0.29, 0.717) is 12.3 Å². The van der Waals surface area contributed by atoms with Crippen LogP contribution in [0.5, 0.6) is 0 Å². The number of methoxy groups -OCH3 is 2. The van der Waals surface area contributed by atoms with Crippen LogP contribution in [0, 0.1) is 5.92 Å². The van der Waals surface area contributed by atoms with Gasteiger partial charge in [-0.25, -0.2) is 4.79 Å². The van der Waals surface area contributed by atoms with E-state index in [2.05, 4.69) is 11.9 Å². The molecule has 102 valence electrons. The summed E-state index contributed by atoms with van der Waals surface area (Å²) in [5, 5.41) is 12.0. The number of ether oxygens (including phenoxy) is 2. The van der Waals surface area contributed by atoms with Crippen molar-refractivity contribution in [1.29, 1.82) is 0 Å². The summed E-state index contributed by atoms with van der Waals surface area (Å²) in [6, 6.07) is -0.327. The molecule has 1 rings (SSSR count). The van der Waals surface area contributed by atoms with Gasteiger partial charge in [-0.3, -0.25) is 4.90 Å². The number of amides is 2. The molecule has 2 N–H and O–H groups in total. The number of carbonyl (C=O) groups is 1. The van der Waals surface area contributed by atoms with Crippen molar-refractivity contribution in [2.45, 2.75) is 13.2 Å². The van der Waals surface area contributed by atoms with E-state index in [1.165, 1.54) is 19.1 Å². The number of nitrogens with one attached hydrogen (secondary N) is 1. The molecule has 0 saturated heterocycles. The van der Waals surface area contributed by atoms with Crippen LogP contribution in [0.2, 0.25) is 0 Å². The van der Waals surface area contributed by atoms with Crippen LogP contribution in [0.25, 0.3) is 0 Å². The van der Waals surface area contributed by atoms with Crippen molar-refractivity contribution in [2.24, 2.45) is 5.92 Å². The van der Waals surface area contributed by atoms with Gasteiger partial charge in [-0.15, -0.1) is 0 Å². The molecule has 1 heterocycles. The van der Waals surface area contributed by atoms with Gasteiger partial charge in [0.1, 0.15) is 6.23 Å². The lowest BCUT2D eigenvalue weighted by Crippen LogP contribution is -2.51. The van der Waals surface area contributed by atoms with Crippen LogP contribution in [-0.2, 0) is 9.47 Å². The zero-order valence-corrected chi connectivity index (χ0v) is 11.0. The highest BCUT2D eigenvalue weighted by Crippen LogP contribution is 2.20. The summed E-state index contributed by atoms with van der Waals surface area (Å²) in [6.07, 6.45) is 1.08. The summed E-state index contributed by atoms with van der Waals surface area (Å²) in [4.78, 5) is 13.3. The molecule has 0 aliphatic carbocycles. The molecule has 18 heavy (non-hydrogen) atoms. The second kappa shape index (κ2) is 6.53. The van der Waals surface area contributed by atoms with Crippen molar-refractivity contribution >= 4 is 6.03 Å². The lowest BCUT2D eigenvalue weighted by Gasteiger charge is -2.35. The van der Waals surface area contributed by atoms with Crippen molar-refractivity contribution in [3.8, 4) is 0 Å². The predicted octanol–water partition coefficient (Wildman–Crippen LogP) is 0.656. The van der Waals surface area contributed by atoms with E-state index in [1.54, 1.807) is 6.20 Å². The Morgan fingerprint density at radius 3 is 2.72 bits per heavy atom. The molecule has 0 aromatic carbocycles. The van der Waals surface area contributed by atoms with Crippen LogP contribution in [0.4, 0.5) is 4.79 Å². The molecule has 0 aromatic rings. The number of aliphatic hydroxyl groups is 1. The van der Waals surface area contributed by atoms with E-state index in [9.17, 15) is 9.90 Å². The molecule has 2 amide bonds. The van der Waals surface area contributed by atoms with Crippen LogP contribution < -0.4 is 5.32 Å². The zero-order valence-electron chi connectivity index (χ0n) is 11.0. The fourth-order valence-electron chi connectivity index (χ4n) is 1.80. The molecular weight excluding hydrogens is 236 g/mol. The maximum atomic E-state index is 11.9. The largest absolute Gasteiger partial charge is 0.396 e. The first-order chi connectivity index (χ1) is 8.54. The van der Waals surface area contributed by atoms with Gasteiger partial charge in [0.15, 0.2) is 0 Å². The van der Waals surface area contributed by atoms with Crippen molar-refractivity contribution < 1.29 is 19.4 Å². The van der Waals surface area contributed by atoms with Crippen LogP contribution in [-0.4, -0.2) is 49.7 Å². The minimum atomic E-state index is -0.585. The summed E-state index contributed by atoms with van der Waals surface area (Å²) in [6.45, 7) is 5.73. The van der Waals surface area contributed by atoms with Gasteiger partial charge in [-0.1, -0.05) is 6.58 Å². The van der Waals surface area contributed by atoms with Gasteiger partial charge in [-0.05, 0) is 12.5 Å². The standard InChI is InChI=1S/C12H20N2O4/c1-8-5-14(12(16)13-9(8)2)11(18-4)10(6-15)7-17-3/h5,10-11,15H,2,6-7H2,1,3-4H3,(H,13,16)/t10-,11+/m0/s1. The number of carbonyl (C=O) groups excluding carboxylic acids is 1. The molecule has 1 aliphatic heterocycles. The average molecular weight is 256 g/mol. The highest BCUT2D eigenvalue weighted by atomic mass is 16.5. The zero-order chi connectivity index (χ0) is 13.7. The molecule has 1 aliphatic rings. The summed E-state index contributed by atoms with van der Waals surface area (Å²) >= 11 is 0. The molecule has 0 bridgehead atoms. The molecule has 0 radical (unpaired) electrons. The Kier molecular flexibility index (Phi) is 5.33. The number of aliphatic hydroxyl groups excluding tert-OH is 1. The predicted molar refractivity (Wildman–Crippen MR) is 66.5 cm³/mol.